The first kappa shape index (κ1) is 15.9. The van der Waals surface area contributed by atoms with E-state index in [1.54, 1.807) is 0 Å². The maximum atomic E-state index is 10.0. The minimum atomic E-state index is -1.19. The first-order valence-corrected chi connectivity index (χ1v) is 6.97. The Balaban J connectivity index is 2.46. The molecule has 1 aliphatic heterocycles. The summed E-state index contributed by atoms with van der Waals surface area (Å²) in [6, 6.07) is 0. The highest BCUT2D eigenvalue weighted by Crippen LogP contribution is 2.26. The van der Waals surface area contributed by atoms with Gasteiger partial charge in [0.15, 0.2) is 0 Å². The Morgan fingerprint density at radius 3 is 2.39 bits per heavy atom. The molecular formula is C13H27NO4. The molecule has 5 heteroatoms. The molecule has 1 heterocycles. The Morgan fingerprint density at radius 1 is 1.11 bits per heavy atom. The Morgan fingerprint density at radius 2 is 1.78 bits per heavy atom. The predicted molar refractivity (Wildman–Crippen MR) is 69.2 cm³/mol. The molecule has 1 saturated heterocycles. The lowest BCUT2D eigenvalue weighted by Gasteiger charge is -2.45. The van der Waals surface area contributed by atoms with Crippen LogP contribution in [0.25, 0.3) is 0 Å². The van der Waals surface area contributed by atoms with Gasteiger partial charge in [0.1, 0.15) is 12.2 Å². The molecule has 0 aromatic heterocycles. The van der Waals surface area contributed by atoms with Crippen LogP contribution < -0.4 is 5.32 Å². The maximum Gasteiger partial charge on any atom is 0.109 e. The van der Waals surface area contributed by atoms with Gasteiger partial charge in [0.05, 0.1) is 18.2 Å². The third kappa shape index (κ3) is 3.65. The quantitative estimate of drug-likeness (QED) is 0.408. The molecule has 5 nitrogen and oxygen atoms in total. The van der Waals surface area contributed by atoms with Crippen LogP contribution >= 0.6 is 0 Å². The topological polar surface area (TPSA) is 93.0 Å². The molecule has 1 aliphatic rings. The molecule has 0 aromatic rings. The van der Waals surface area contributed by atoms with Gasteiger partial charge >= 0.3 is 0 Å². The average Bonchev–Trinajstić information content (AvgIpc) is 2.39. The Bertz CT molecular complexity index is 239. The van der Waals surface area contributed by atoms with E-state index >= 15 is 0 Å². The van der Waals surface area contributed by atoms with Crippen molar-refractivity contribution in [2.75, 3.05) is 13.2 Å². The second-order valence-electron chi connectivity index (χ2n) is 5.36. The molecule has 1 fully saturated rings. The van der Waals surface area contributed by atoms with E-state index in [0.717, 1.165) is 19.3 Å². The van der Waals surface area contributed by atoms with Crippen molar-refractivity contribution in [2.45, 2.75) is 69.3 Å². The van der Waals surface area contributed by atoms with E-state index in [-0.39, 0.29) is 13.2 Å². The van der Waals surface area contributed by atoms with E-state index in [1.165, 1.54) is 12.8 Å². The number of hydrogen-bond donors (Lipinski definition) is 5. The maximum absolute atomic E-state index is 10.0. The van der Waals surface area contributed by atoms with Gasteiger partial charge in [-0.2, -0.15) is 0 Å². The largest absolute Gasteiger partial charge is 0.394 e. The third-order valence-corrected chi connectivity index (χ3v) is 3.96. The molecule has 5 N–H and O–H groups in total. The van der Waals surface area contributed by atoms with Gasteiger partial charge in [0.2, 0.25) is 0 Å². The van der Waals surface area contributed by atoms with Gasteiger partial charge in [-0.15, -0.1) is 0 Å². The fourth-order valence-corrected chi connectivity index (χ4v) is 2.58. The molecule has 4 atom stereocenters. The third-order valence-electron chi connectivity index (χ3n) is 3.96. The summed E-state index contributed by atoms with van der Waals surface area (Å²) in [6.07, 6.45) is 2.81. The molecular weight excluding hydrogens is 234 g/mol. The molecule has 18 heavy (non-hydrogen) atoms. The molecule has 0 bridgehead atoms. The van der Waals surface area contributed by atoms with Gasteiger partial charge in [0, 0.05) is 6.54 Å². The lowest BCUT2D eigenvalue weighted by atomic mass is 9.79. The summed E-state index contributed by atoms with van der Waals surface area (Å²) < 4.78 is 0. The summed E-state index contributed by atoms with van der Waals surface area (Å²) >= 11 is 0. The lowest BCUT2D eigenvalue weighted by Crippen LogP contribution is -2.69. The monoisotopic (exact) mass is 261 g/mol. The number of hydrogen-bond acceptors (Lipinski definition) is 5. The van der Waals surface area contributed by atoms with Crippen LogP contribution in [0.3, 0.4) is 0 Å². The van der Waals surface area contributed by atoms with Crippen LogP contribution in [0.2, 0.25) is 0 Å². The molecule has 1 rings (SSSR count). The van der Waals surface area contributed by atoms with Crippen LogP contribution in [0.5, 0.6) is 0 Å². The zero-order valence-corrected chi connectivity index (χ0v) is 11.2. The van der Waals surface area contributed by atoms with Crippen LogP contribution in [0.15, 0.2) is 0 Å². The van der Waals surface area contributed by atoms with Crippen molar-refractivity contribution in [3.8, 4) is 0 Å². The second kappa shape index (κ2) is 7.40. The molecule has 0 radical (unpaired) electrons. The number of aliphatic hydroxyl groups is 4. The van der Waals surface area contributed by atoms with Crippen molar-refractivity contribution in [2.24, 2.45) is 0 Å². The van der Waals surface area contributed by atoms with Crippen molar-refractivity contribution in [3.63, 3.8) is 0 Å². The summed E-state index contributed by atoms with van der Waals surface area (Å²) in [7, 11) is 0. The summed E-state index contributed by atoms with van der Waals surface area (Å²) in [5.41, 5.74) is -0.870. The number of β-amino-alcohol motifs (C(OH)–C–C–N with tert-alkyl or cyclic N) is 1. The number of aliphatic hydroxyl groups excluding tert-OH is 4. The molecule has 0 unspecified atom stereocenters. The summed E-state index contributed by atoms with van der Waals surface area (Å²) in [4.78, 5) is 0. The summed E-state index contributed by atoms with van der Waals surface area (Å²) in [5.74, 6) is 0. The Labute approximate surface area is 109 Å². The van der Waals surface area contributed by atoms with Gasteiger partial charge in [-0.05, 0) is 6.42 Å². The zero-order valence-electron chi connectivity index (χ0n) is 11.2. The predicted octanol–water partition coefficient (Wildman–Crippen LogP) is -0.236. The van der Waals surface area contributed by atoms with E-state index in [1.807, 2.05) is 0 Å². The number of piperidine rings is 1. The normalized spacial score (nSPS) is 36.8. The Kier molecular flexibility index (Phi) is 6.52. The van der Waals surface area contributed by atoms with Crippen molar-refractivity contribution < 1.29 is 20.4 Å². The minimum Gasteiger partial charge on any atom is -0.394 e. The number of unbranched alkanes of at least 4 members (excludes halogenated alkanes) is 4. The smallest absolute Gasteiger partial charge is 0.109 e. The zero-order chi connectivity index (χ0) is 13.6. The molecule has 0 aromatic carbocycles. The fourth-order valence-electron chi connectivity index (χ4n) is 2.58. The minimum absolute atomic E-state index is 0.202. The van der Waals surface area contributed by atoms with Gasteiger partial charge in [-0.25, -0.2) is 0 Å². The second-order valence-corrected chi connectivity index (χ2v) is 5.36. The lowest BCUT2D eigenvalue weighted by molar-refractivity contribution is -0.135. The SMILES string of the molecule is CCCCCCC[C@@]1(CO)NC[C@H](O)[C@@H](O)[C@@H]1O. The van der Waals surface area contributed by atoms with Crippen LogP contribution in [0, 0.1) is 0 Å². The first-order valence-electron chi connectivity index (χ1n) is 6.97. The van der Waals surface area contributed by atoms with Gasteiger partial charge in [-0.1, -0.05) is 39.0 Å². The summed E-state index contributed by atoms with van der Waals surface area (Å²) in [6.45, 7) is 2.12. The highest BCUT2D eigenvalue weighted by molar-refractivity contribution is 5.04. The highest BCUT2D eigenvalue weighted by atomic mass is 16.4. The number of rotatable bonds is 7. The van der Waals surface area contributed by atoms with Gasteiger partial charge < -0.3 is 25.7 Å². The molecule has 0 saturated carbocycles. The van der Waals surface area contributed by atoms with Gasteiger partial charge in [0.25, 0.3) is 0 Å². The first-order chi connectivity index (χ1) is 8.57. The highest BCUT2D eigenvalue weighted by Gasteiger charge is 2.46. The van der Waals surface area contributed by atoms with E-state index < -0.39 is 23.9 Å². The molecule has 0 amide bonds. The van der Waals surface area contributed by atoms with Gasteiger partial charge in [-0.3, -0.25) is 0 Å². The molecule has 0 spiro atoms. The number of nitrogens with one attached hydrogen (secondary N) is 1. The summed E-state index contributed by atoms with van der Waals surface area (Å²) in [5, 5.41) is 41.7. The van der Waals surface area contributed by atoms with Crippen LogP contribution in [-0.4, -0.2) is 57.4 Å². The van der Waals surface area contributed by atoms with Crippen LogP contribution in [-0.2, 0) is 0 Å². The van der Waals surface area contributed by atoms with E-state index in [9.17, 15) is 20.4 Å². The van der Waals surface area contributed by atoms with Crippen molar-refractivity contribution in [1.82, 2.24) is 5.32 Å². The Hall–Kier alpha value is -0.200. The van der Waals surface area contributed by atoms with Crippen molar-refractivity contribution in [1.29, 1.82) is 0 Å². The molecule has 0 aliphatic carbocycles. The van der Waals surface area contributed by atoms with Crippen molar-refractivity contribution >= 4 is 0 Å². The van der Waals surface area contributed by atoms with E-state index in [4.69, 9.17) is 0 Å². The van der Waals surface area contributed by atoms with E-state index in [2.05, 4.69) is 12.2 Å². The van der Waals surface area contributed by atoms with Crippen molar-refractivity contribution in [3.05, 3.63) is 0 Å². The standard InChI is InChI=1S/C13H27NO4/c1-2-3-4-5-6-7-13(9-15)12(18)11(17)10(16)8-14-13/h10-12,14-18H,2-9H2,1H3/t10-,11+,12-,13-/m0/s1. The fraction of sp³-hybridized carbons (Fsp3) is 1.00. The van der Waals surface area contributed by atoms with E-state index in [0.29, 0.717) is 6.42 Å². The van der Waals surface area contributed by atoms with Crippen LogP contribution in [0.4, 0.5) is 0 Å². The van der Waals surface area contributed by atoms with Crippen LogP contribution in [0.1, 0.15) is 45.4 Å². The molecule has 108 valence electrons. The average molecular weight is 261 g/mol.